The van der Waals surface area contributed by atoms with Crippen molar-refractivity contribution in [3.05, 3.63) is 78.6 Å². The van der Waals surface area contributed by atoms with E-state index in [9.17, 15) is 13.2 Å². The number of likely N-dealkylation sites (N-methyl/N-ethyl adjacent to an activating group) is 1. The Balaban J connectivity index is 1.37. The van der Waals surface area contributed by atoms with Crippen molar-refractivity contribution < 1.29 is 17.9 Å². The molecule has 36 heavy (non-hydrogen) atoms. The average molecular weight is 507 g/mol. The Bertz CT molecular complexity index is 1320. The van der Waals surface area contributed by atoms with Crippen LogP contribution >= 0.6 is 0 Å². The molecule has 5 rings (SSSR count). The monoisotopic (exact) mass is 506 g/mol. The van der Waals surface area contributed by atoms with Gasteiger partial charge < -0.3 is 14.5 Å². The van der Waals surface area contributed by atoms with E-state index in [0.29, 0.717) is 17.2 Å². The number of amides is 1. The fourth-order valence-electron chi connectivity index (χ4n) is 4.97. The van der Waals surface area contributed by atoms with Crippen molar-refractivity contribution in [2.24, 2.45) is 0 Å². The Morgan fingerprint density at radius 3 is 2.31 bits per heavy atom. The zero-order valence-corrected chi connectivity index (χ0v) is 21.3. The van der Waals surface area contributed by atoms with Crippen molar-refractivity contribution in [2.45, 2.75) is 29.7 Å². The highest BCUT2D eigenvalue weighted by Gasteiger charge is 2.41. The summed E-state index contributed by atoms with van der Waals surface area (Å²) in [4.78, 5) is 21.8. The van der Waals surface area contributed by atoms with E-state index in [4.69, 9.17) is 4.74 Å². The van der Waals surface area contributed by atoms with Crippen LogP contribution in [-0.4, -0.2) is 68.9 Å². The molecule has 3 heterocycles. The summed E-state index contributed by atoms with van der Waals surface area (Å²) in [7, 11) is 0.0603. The number of nitrogens with zero attached hydrogens (tertiary/aromatic N) is 4. The lowest BCUT2D eigenvalue weighted by atomic mass is 9.97. The molecule has 8 nitrogen and oxygen atoms in total. The number of ether oxygens (including phenoxy) is 1. The minimum atomic E-state index is -3.88. The molecule has 1 unspecified atom stereocenters. The van der Waals surface area contributed by atoms with E-state index < -0.39 is 15.9 Å². The Kier molecular flexibility index (Phi) is 6.68. The van der Waals surface area contributed by atoms with Crippen molar-refractivity contribution in [1.82, 2.24) is 14.8 Å². The largest absolute Gasteiger partial charge is 0.457 e. The van der Waals surface area contributed by atoms with Crippen LogP contribution in [0.3, 0.4) is 0 Å². The maximum Gasteiger partial charge on any atom is 0.264 e. The van der Waals surface area contributed by atoms with Crippen LogP contribution in [-0.2, 0) is 14.8 Å². The average Bonchev–Trinajstić information content (AvgIpc) is 3.30. The molecule has 0 aliphatic carbocycles. The van der Waals surface area contributed by atoms with Gasteiger partial charge in [-0.15, -0.1) is 0 Å². The highest BCUT2D eigenvalue weighted by Crippen LogP contribution is 2.41. The summed E-state index contributed by atoms with van der Waals surface area (Å²) >= 11 is 0. The summed E-state index contributed by atoms with van der Waals surface area (Å²) in [5.41, 5.74) is 1.31. The second-order valence-electron chi connectivity index (χ2n) is 9.39. The summed E-state index contributed by atoms with van der Waals surface area (Å²) in [6.45, 7) is 1.99. The van der Waals surface area contributed by atoms with Crippen LogP contribution in [0.1, 0.15) is 24.3 Å². The molecule has 0 spiro atoms. The first-order chi connectivity index (χ1) is 17.3. The number of hydrogen-bond donors (Lipinski definition) is 0. The zero-order valence-electron chi connectivity index (χ0n) is 20.4. The van der Waals surface area contributed by atoms with Gasteiger partial charge in [-0.3, -0.25) is 14.1 Å². The molecule has 2 aromatic carbocycles. The zero-order chi connectivity index (χ0) is 25.3. The summed E-state index contributed by atoms with van der Waals surface area (Å²) in [6.07, 6.45) is 5.09. The molecular formula is C27H30N4O4S. The predicted molar refractivity (Wildman–Crippen MR) is 138 cm³/mol. The smallest absolute Gasteiger partial charge is 0.264 e. The number of carbonyl (C=O) groups excluding carboxylic acids is 1. The van der Waals surface area contributed by atoms with Crippen molar-refractivity contribution in [1.29, 1.82) is 0 Å². The van der Waals surface area contributed by atoms with Gasteiger partial charge in [-0.1, -0.05) is 18.2 Å². The molecule has 1 amide bonds. The third kappa shape index (κ3) is 4.68. The third-order valence-electron chi connectivity index (χ3n) is 7.11. The number of rotatable bonds is 6. The summed E-state index contributed by atoms with van der Waals surface area (Å²) < 4.78 is 34.5. The Morgan fingerprint density at radius 2 is 1.61 bits per heavy atom. The van der Waals surface area contributed by atoms with E-state index in [1.54, 1.807) is 48.8 Å². The molecule has 1 atom stereocenters. The van der Waals surface area contributed by atoms with Crippen molar-refractivity contribution in [3.63, 3.8) is 0 Å². The van der Waals surface area contributed by atoms with Gasteiger partial charge in [0.2, 0.25) is 5.91 Å². The third-order valence-corrected chi connectivity index (χ3v) is 8.90. The Hall–Kier alpha value is -3.43. The minimum Gasteiger partial charge on any atom is -0.457 e. The van der Waals surface area contributed by atoms with Crippen LogP contribution in [0, 0.1) is 0 Å². The number of aromatic nitrogens is 1. The fraction of sp³-hybridized carbons (Fsp3) is 0.333. The van der Waals surface area contributed by atoms with Gasteiger partial charge in [-0.05, 0) is 81.0 Å². The Labute approximate surface area is 212 Å². The summed E-state index contributed by atoms with van der Waals surface area (Å²) in [5, 5.41) is 0. The molecule has 3 aromatic rings. The van der Waals surface area contributed by atoms with Gasteiger partial charge in [0.1, 0.15) is 11.5 Å². The van der Waals surface area contributed by atoms with E-state index in [2.05, 4.69) is 16.9 Å². The van der Waals surface area contributed by atoms with Gasteiger partial charge in [0.05, 0.1) is 23.0 Å². The second kappa shape index (κ2) is 9.91. The normalized spacial score (nSPS) is 18.6. The molecule has 1 saturated heterocycles. The lowest BCUT2D eigenvalue weighted by Crippen LogP contribution is -2.46. The van der Waals surface area contributed by atoms with Gasteiger partial charge in [-0.2, -0.15) is 0 Å². The molecule has 0 bridgehead atoms. The maximum absolute atomic E-state index is 13.7. The molecule has 2 aliphatic heterocycles. The first-order valence-corrected chi connectivity index (χ1v) is 13.5. The molecular weight excluding hydrogens is 476 g/mol. The fourth-order valence-corrected chi connectivity index (χ4v) is 6.47. The molecule has 0 N–H and O–H groups in total. The summed E-state index contributed by atoms with van der Waals surface area (Å²) in [6, 6.07) is 17.3. The molecule has 2 aliphatic rings. The highest BCUT2D eigenvalue weighted by molar-refractivity contribution is 7.92. The van der Waals surface area contributed by atoms with Crippen LogP contribution in [0.5, 0.6) is 11.5 Å². The number of sulfonamides is 1. The second-order valence-corrected chi connectivity index (χ2v) is 11.2. The van der Waals surface area contributed by atoms with Crippen LogP contribution in [0.2, 0.25) is 0 Å². The number of hydrogen-bond acceptors (Lipinski definition) is 6. The standard InChI is InChI=1S/C27H30N4O4S/c1-29-17-13-20(14-18-29)30(2)27(32)25-19-31(26-6-4-3-5-24(25)26)36(33,34)23-9-7-21(8-10-23)35-22-11-15-28-16-12-22/h3-12,15-16,20,25H,13-14,17-19H2,1-2H3. The van der Waals surface area contributed by atoms with E-state index in [1.807, 2.05) is 24.1 Å². The number of piperidine rings is 1. The number of carbonyl (C=O) groups is 1. The SMILES string of the molecule is CN1CCC(N(C)C(=O)C2CN(S(=O)(=O)c3ccc(Oc4ccncc4)cc3)c3ccccc32)CC1. The van der Waals surface area contributed by atoms with E-state index in [1.165, 1.54) is 16.4 Å². The van der Waals surface area contributed by atoms with Crippen LogP contribution < -0.4 is 9.04 Å². The van der Waals surface area contributed by atoms with Gasteiger partial charge in [0.25, 0.3) is 10.0 Å². The van der Waals surface area contributed by atoms with Gasteiger partial charge in [-0.25, -0.2) is 8.42 Å². The molecule has 1 aromatic heterocycles. The first kappa shape index (κ1) is 24.3. The minimum absolute atomic E-state index is 0.0317. The molecule has 9 heteroatoms. The molecule has 1 fully saturated rings. The van der Waals surface area contributed by atoms with E-state index in [-0.39, 0.29) is 23.4 Å². The highest BCUT2D eigenvalue weighted by atomic mass is 32.2. The number of pyridine rings is 1. The summed E-state index contributed by atoms with van der Waals surface area (Å²) in [5.74, 6) is 0.574. The van der Waals surface area contributed by atoms with Gasteiger partial charge in [0.15, 0.2) is 0 Å². The van der Waals surface area contributed by atoms with Crippen molar-refractivity contribution >= 4 is 21.6 Å². The van der Waals surface area contributed by atoms with E-state index in [0.717, 1.165) is 31.5 Å². The number of para-hydroxylation sites is 1. The number of fused-ring (bicyclic) bond motifs is 1. The Morgan fingerprint density at radius 1 is 0.972 bits per heavy atom. The quantitative estimate of drug-likeness (QED) is 0.507. The lowest BCUT2D eigenvalue weighted by Gasteiger charge is -2.36. The van der Waals surface area contributed by atoms with Crippen LogP contribution in [0.15, 0.2) is 78.0 Å². The first-order valence-electron chi connectivity index (χ1n) is 12.1. The molecule has 188 valence electrons. The maximum atomic E-state index is 13.7. The van der Waals surface area contributed by atoms with Gasteiger partial charge >= 0.3 is 0 Å². The number of anilines is 1. The number of likely N-dealkylation sites (tertiary alicyclic amines) is 1. The number of benzene rings is 2. The molecule has 0 saturated carbocycles. The van der Waals surface area contributed by atoms with Crippen LogP contribution in [0.25, 0.3) is 0 Å². The lowest BCUT2D eigenvalue weighted by molar-refractivity contribution is -0.134. The molecule has 0 radical (unpaired) electrons. The van der Waals surface area contributed by atoms with E-state index >= 15 is 0 Å². The van der Waals surface area contributed by atoms with Crippen LogP contribution in [0.4, 0.5) is 5.69 Å². The topological polar surface area (TPSA) is 83.0 Å². The predicted octanol–water partition coefficient (Wildman–Crippen LogP) is 3.72. The van der Waals surface area contributed by atoms with Crippen molar-refractivity contribution in [2.75, 3.05) is 38.0 Å². The van der Waals surface area contributed by atoms with Gasteiger partial charge in [0, 0.05) is 25.5 Å². The van der Waals surface area contributed by atoms with Crippen molar-refractivity contribution in [3.8, 4) is 11.5 Å².